The van der Waals surface area contributed by atoms with E-state index in [9.17, 15) is 0 Å². The third-order valence-corrected chi connectivity index (χ3v) is 5.45. The van der Waals surface area contributed by atoms with Gasteiger partial charge in [0, 0.05) is 0 Å². The van der Waals surface area contributed by atoms with Crippen molar-refractivity contribution in [2.75, 3.05) is 26.2 Å². The monoisotopic (exact) mass is 344 g/mol. The molecule has 0 unspecified atom stereocenters. The molecule has 0 aromatic rings. The van der Waals surface area contributed by atoms with Crippen molar-refractivity contribution in [3.63, 3.8) is 0 Å². The second kappa shape index (κ2) is 8.45. The summed E-state index contributed by atoms with van der Waals surface area (Å²) in [6.45, 7) is 13.5. The van der Waals surface area contributed by atoms with Crippen LogP contribution in [0.3, 0.4) is 0 Å². The summed E-state index contributed by atoms with van der Waals surface area (Å²) in [5.41, 5.74) is 0. The quantitative estimate of drug-likeness (QED) is 0.541. The second-order valence-corrected chi connectivity index (χ2v) is 18.9. The van der Waals surface area contributed by atoms with Gasteiger partial charge in [-0.05, 0) is 0 Å². The van der Waals surface area contributed by atoms with Crippen molar-refractivity contribution in [1.82, 2.24) is 9.62 Å². The van der Waals surface area contributed by atoms with Crippen LogP contribution in [0.2, 0.25) is 14.8 Å². The van der Waals surface area contributed by atoms with Gasteiger partial charge in [0.05, 0.1) is 0 Å². The zero-order chi connectivity index (χ0) is 13.5. The zero-order valence-electron chi connectivity index (χ0n) is 12.8. The summed E-state index contributed by atoms with van der Waals surface area (Å²) in [4.78, 5) is 12.0. The first-order chi connectivity index (χ1) is 7.89. The predicted octanol–water partition coefficient (Wildman–Crippen LogP) is 2.58. The van der Waals surface area contributed by atoms with Crippen LogP contribution in [0.1, 0.15) is 27.7 Å². The van der Waals surface area contributed by atoms with Crippen molar-refractivity contribution >= 4 is 25.4 Å². The zero-order valence-corrected chi connectivity index (χ0v) is 15.7. The van der Waals surface area contributed by atoms with Gasteiger partial charge >= 0.3 is 113 Å². The molecule has 0 fully saturated rings. The van der Waals surface area contributed by atoms with E-state index in [4.69, 9.17) is 0 Å². The van der Waals surface area contributed by atoms with E-state index in [0.29, 0.717) is 6.98 Å². The van der Waals surface area contributed by atoms with Crippen molar-refractivity contribution < 1.29 is 0 Å². The van der Waals surface area contributed by atoms with Gasteiger partial charge in [0.1, 0.15) is 0 Å². The first kappa shape index (κ1) is 17.3. The SMILES string of the molecule is CCN(CC)B(C#[C][Sn]([CH3])([CH3])[CH3])N(CC)CC. The Morgan fingerprint density at radius 2 is 1.18 bits per heavy atom. The summed E-state index contributed by atoms with van der Waals surface area (Å²) < 4.78 is 3.60. The Hall–Kier alpha value is 0.344. The molecule has 0 heterocycles. The van der Waals surface area contributed by atoms with E-state index < -0.39 is 18.4 Å². The van der Waals surface area contributed by atoms with E-state index in [1.807, 2.05) is 0 Å². The molecule has 0 rings (SSSR count). The third kappa shape index (κ3) is 6.74. The van der Waals surface area contributed by atoms with Gasteiger partial charge in [-0.1, -0.05) is 0 Å². The molecule has 0 N–H and O–H groups in total. The van der Waals surface area contributed by atoms with Gasteiger partial charge in [-0.25, -0.2) is 0 Å². The molecular weight excluding hydrogens is 314 g/mol. The van der Waals surface area contributed by atoms with Crippen LogP contribution in [-0.2, 0) is 0 Å². The van der Waals surface area contributed by atoms with Crippen LogP contribution in [-0.4, -0.2) is 61.2 Å². The molecule has 98 valence electrons. The predicted molar refractivity (Wildman–Crippen MR) is 82.7 cm³/mol. The van der Waals surface area contributed by atoms with Crippen molar-refractivity contribution in [1.29, 1.82) is 0 Å². The van der Waals surface area contributed by atoms with Gasteiger partial charge in [-0.3, -0.25) is 0 Å². The molecule has 0 bridgehead atoms. The van der Waals surface area contributed by atoms with E-state index in [1.165, 1.54) is 0 Å². The average Bonchev–Trinajstić information content (AvgIpc) is 2.26. The summed E-state index contributed by atoms with van der Waals surface area (Å²) >= 11 is -1.97. The summed E-state index contributed by atoms with van der Waals surface area (Å²) in [5.74, 6) is 3.56. The second-order valence-electron chi connectivity index (χ2n) is 5.34. The van der Waals surface area contributed by atoms with Crippen LogP contribution in [0.4, 0.5) is 0 Å². The van der Waals surface area contributed by atoms with Gasteiger partial charge in [0.25, 0.3) is 0 Å². The molecule has 0 radical (unpaired) electrons. The molecule has 0 atom stereocenters. The van der Waals surface area contributed by atoms with Gasteiger partial charge in [-0.2, -0.15) is 0 Å². The fourth-order valence-corrected chi connectivity index (χ4v) is 3.44. The van der Waals surface area contributed by atoms with Gasteiger partial charge in [-0.15, -0.1) is 0 Å². The van der Waals surface area contributed by atoms with Crippen LogP contribution in [0.15, 0.2) is 0 Å². The minimum atomic E-state index is -1.97. The fourth-order valence-electron chi connectivity index (χ4n) is 1.83. The fraction of sp³-hybridized carbons (Fsp3) is 0.846. The summed E-state index contributed by atoms with van der Waals surface area (Å²) in [5, 5.41) is 0. The third-order valence-electron chi connectivity index (χ3n) is 2.89. The molecule has 0 aromatic heterocycles. The van der Waals surface area contributed by atoms with Crippen LogP contribution >= 0.6 is 0 Å². The standard InChI is InChI=1S/C10H20BN2.3CH3.Sn/c1-6-11(12(7-2)8-3)13(9-4)10-5;;;;/h7-10H2,2-5H3;3*1H3;. The maximum absolute atomic E-state index is 3.60. The van der Waals surface area contributed by atoms with E-state index >= 15 is 0 Å². The minimum absolute atomic E-state index is 0.316. The van der Waals surface area contributed by atoms with Crippen molar-refractivity contribution in [3.05, 3.63) is 0 Å². The molecule has 2 nitrogen and oxygen atoms in total. The molecule has 17 heavy (non-hydrogen) atoms. The first-order valence-corrected chi connectivity index (χ1v) is 16.9. The Balaban J connectivity index is 5.00. The summed E-state index contributed by atoms with van der Waals surface area (Å²) in [6, 6.07) is 0. The molecule has 0 spiro atoms. The molecule has 4 heteroatoms. The van der Waals surface area contributed by atoms with E-state index in [2.05, 4.69) is 61.9 Å². The van der Waals surface area contributed by atoms with Crippen molar-refractivity contribution in [3.8, 4) is 9.76 Å². The Kier molecular flexibility index (Phi) is 8.62. The summed E-state index contributed by atoms with van der Waals surface area (Å²) in [7, 11) is 0. The number of rotatable bonds is 6. The normalized spacial score (nSPS) is 11.6. The molecule has 0 aliphatic rings. The van der Waals surface area contributed by atoms with Crippen molar-refractivity contribution in [2.24, 2.45) is 0 Å². The molecule has 0 aliphatic heterocycles. The van der Waals surface area contributed by atoms with Crippen molar-refractivity contribution in [2.45, 2.75) is 42.5 Å². The van der Waals surface area contributed by atoms with Crippen LogP contribution in [0.25, 0.3) is 0 Å². The van der Waals surface area contributed by atoms with Crippen LogP contribution in [0.5, 0.6) is 0 Å². The van der Waals surface area contributed by atoms with E-state index in [1.54, 1.807) is 0 Å². The molecule has 0 aromatic carbocycles. The molecular formula is C13H29BN2Sn. The Bertz CT molecular complexity index is 245. The Morgan fingerprint density at radius 1 is 0.824 bits per heavy atom. The molecule has 0 saturated carbocycles. The van der Waals surface area contributed by atoms with Crippen LogP contribution in [0, 0.1) is 9.76 Å². The maximum atomic E-state index is 3.60. The first-order valence-electron chi connectivity index (χ1n) is 6.90. The van der Waals surface area contributed by atoms with Crippen LogP contribution < -0.4 is 0 Å². The molecule has 0 amide bonds. The Labute approximate surface area is 113 Å². The topological polar surface area (TPSA) is 6.48 Å². The number of hydrogen-bond donors (Lipinski definition) is 0. The van der Waals surface area contributed by atoms with E-state index in [0.717, 1.165) is 26.2 Å². The summed E-state index contributed by atoms with van der Waals surface area (Å²) in [6.07, 6.45) is 0. The van der Waals surface area contributed by atoms with E-state index in [-0.39, 0.29) is 0 Å². The molecule has 0 aliphatic carbocycles. The number of nitrogens with zero attached hydrogens (tertiary/aromatic N) is 2. The average molecular weight is 343 g/mol. The Morgan fingerprint density at radius 3 is 1.41 bits per heavy atom. The van der Waals surface area contributed by atoms with Gasteiger partial charge in [0.15, 0.2) is 0 Å². The van der Waals surface area contributed by atoms with Gasteiger partial charge < -0.3 is 0 Å². The number of hydrogen-bond acceptors (Lipinski definition) is 2. The molecule has 0 saturated heterocycles. The van der Waals surface area contributed by atoms with Gasteiger partial charge in [0.2, 0.25) is 0 Å².